The van der Waals surface area contributed by atoms with Crippen LogP contribution in [-0.4, -0.2) is 11.7 Å². The lowest BCUT2D eigenvalue weighted by Crippen LogP contribution is -2.51. The molecule has 1 aliphatic rings. The van der Waals surface area contributed by atoms with Crippen molar-refractivity contribution in [3.8, 4) is 0 Å². The van der Waals surface area contributed by atoms with Crippen LogP contribution in [0.2, 0.25) is 0 Å². The summed E-state index contributed by atoms with van der Waals surface area (Å²) >= 11 is 0. The van der Waals surface area contributed by atoms with Crippen molar-refractivity contribution in [2.24, 2.45) is 22.6 Å². The zero-order valence-corrected chi connectivity index (χ0v) is 15.9. The number of amidine groups is 2. The molecule has 0 aliphatic heterocycles. The molecule has 0 radical (unpaired) electrons. The molecule has 136 valence electrons. The van der Waals surface area contributed by atoms with E-state index in [1.54, 1.807) is 18.2 Å². The van der Waals surface area contributed by atoms with E-state index in [-0.39, 0.29) is 61.3 Å². The van der Waals surface area contributed by atoms with Crippen molar-refractivity contribution >= 4 is 72.6 Å². The largest absolute Gasteiger partial charge is 0.401 e. The lowest BCUT2D eigenvalue weighted by atomic mass is 9.72. The predicted octanol–water partition coefficient (Wildman–Crippen LogP) is 2.44. The highest BCUT2D eigenvalue weighted by molar-refractivity contribution is 6.11. The van der Waals surface area contributed by atoms with Gasteiger partial charge in [0.05, 0.1) is 0 Å². The van der Waals surface area contributed by atoms with Crippen molar-refractivity contribution in [3.05, 3.63) is 47.7 Å². The standard InChI is InChI=1S/C14H18N6.4ClH/c15-10-4-1-8(2-5-10)9-3-6-11(16)14(7-9,12(17)18)13(19)20;;;;/h1-6H,7,15-16H2,(H3,17,18)(H3,19,20);4*1H. The van der Waals surface area contributed by atoms with Crippen molar-refractivity contribution in [2.45, 2.75) is 6.42 Å². The molecule has 0 heterocycles. The maximum Gasteiger partial charge on any atom is 0.127 e. The molecule has 1 aromatic rings. The van der Waals surface area contributed by atoms with Gasteiger partial charge in [-0.3, -0.25) is 10.8 Å². The summed E-state index contributed by atoms with van der Waals surface area (Å²) in [6.07, 6.45) is 3.80. The number of benzene rings is 1. The summed E-state index contributed by atoms with van der Waals surface area (Å²) in [5.41, 5.74) is 24.5. The van der Waals surface area contributed by atoms with Crippen LogP contribution in [0, 0.1) is 16.2 Å². The molecule has 1 aliphatic carbocycles. The third kappa shape index (κ3) is 4.70. The average molecular weight is 416 g/mol. The number of nitrogens with one attached hydrogen (secondary N) is 2. The first-order valence-electron chi connectivity index (χ1n) is 6.09. The van der Waals surface area contributed by atoms with Crippen LogP contribution in [0.5, 0.6) is 0 Å². The summed E-state index contributed by atoms with van der Waals surface area (Å²) in [7, 11) is 0. The quantitative estimate of drug-likeness (QED) is 0.255. The number of hydrogen-bond acceptors (Lipinski definition) is 4. The lowest BCUT2D eigenvalue weighted by molar-refractivity contribution is 0.657. The molecule has 2 rings (SSSR count). The van der Waals surface area contributed by atoms with Crippen molar-refractivity contribution in [1.82, 2.24) is 0 Å². The van der Waals surface area contributed by atoms with E-state index in [0.717, 1.165) is 11.1 Å². The van der Waals surface area contributed by atoms with Gasteiger partial charge in [-0.1, -0.05) is 18.2 Å². The fourth-order valence-corrected chi connectivity index (χ4v) is 2.32. The molecular formula is C14H22Cl4N6. The summed E-state index contributed by atoms with van der Waals surface area (Å²) in [4.78, 5) is 0. The van der Waals surface area contributed by atoms with Gasteiger partial charge in [0.25, 0.3) is 0 Å². The molecular weight excluding hydrogens is 394 g/mol. The van der Waals surface area contributed by atoms with Crippen LogP contribution in [0.1, 0.15) is 12.0 Å². The van der Waals surface area contributed by atoms with Crippen LogP contribution in [0.15, 0.2) is 42.1 Å². The molecule has 0 saturated heterocycles. The summed E-state index contributed by atoms with van der Waals surface area (Å²) in [5, 5.41) is 15.5. The monoisotopic (exact) mass is 414 g/mol. The molecule has 0 amide bonds. The van der Waals surface area contributed by atoms with Crippen LogP contribution in [-0.2, 0) is 0 Å². The van der Waals surface area contributed by atoms with E-state index < -0.39 is 5.41 Å². The van der Waals surface area contributed by atoms with E-state index in [1.807, 2.05) is 18.2 Å². The first-order valence-corrected chi connectivity index (χ1v) is 6.09. The minimum atomic E-state index is -1.23. The van der Waals surface area contributed by atoms with E-state index in [0.29, 0.717) is 17.8 Å². The Morgan fingerprint density at radius 2 is 1.29 bits per heavy atom. The van der Waals surface area contributed by atoms with Gasteiger partial charge in [-0.05, 0) is 35.8 Å². The second kappa shape index (κ2) is 10.3. The minimum Gasteiger partial charge on any atom is -0.401 e. The molecule has 0 fully saturated rings. The normalized spacial score (nSPS) is 18.2. The molecule has 0 aromatic heterocycles. The number of nitrogens with two attached hydrogens (primary N) is 4. The number of anilines is 1. The van der Waals surface area contributed by atoms with Crippen LogP contribution in [0.4, 0.5) is 5.69 Å². The molecule has 1 aromatic carbocycles. The topological polar surface area (TPSA) is 152 Å². The first-order chi connectivity index (χ1) is 9.37. The molecule has 6 nitrogen and oxygen atoms in total. The smallest absolute Gasteiger partial charge is 0.127 e. The fraction of sp³-hybridized carbons (Fsp3) is 0.143. The highest BCUT2D eigenvalue weighted by Crippen LogP contribution is 2.39. The molecule has 0 bridgehead atoms. The number of halogens is 4. The molecule has 10 heteroatoms. The third-order valence-corrected chi connectivity index (χ3v) is 3.61. The lowest BCUT2D eigenvalue weighted by Gasteiger charge is -2.35. The Morgan fingerprint density at radius 3 is 1.71 bits per heavy atom. The van der Waals surface area contributed by atoms with Crippen LogP contribution < -0.4 is 22.9 Å². The van der Waals surface area contributed by atoms with E-state index in [1.165, 1.54) is 0 Å². The van der Waals surface area contributed by atoms with Gasteiger partial charge in [-0.25, -0.2) is 0 Å². The molecule has 10 N–H and O–H groups in total. The van der Waals surface area contributed by atoms with E-state index >= 15 is 0 Å². The zero-order valence-electron chi connectivity index (χ0n) is 12.6. The van der Waals surface area contributed by atoms with Gasteiger partial charge in [0, 0.05) is 11.4 Å². The number of nitrogen functional groups attached to an aromatic ring is 1. The van der Waals surface area contributed by atoms with E-state index in [9.17, 15) is 0 Å². The van der Waals surface area contributed by atoms with Crippen LogP contribution in [0.25, 0.3) is 5.57 Å². The predicted molar refractivity (Wildman–Crippen MR) is 111 cm³/mol. The van der Waals surface area contributed by atoms with Gasteiger partial charge >= 0.3 is 0 Å². The van der Waals surface area contributed by atoms with Gasteiger partial charge in [-0.2, -0.15) is 0 Å². The molecule has 0 spiro atoms. The van der Waals surface area contributed by atoms with Crippen molar-refractivity contribution in [2.75, 3.05) is 5.73 Å². The van der Waals surface area contributed by atoms with E-state index in [2.05, 4.69) is 0 Å². The Hall–Kier alpha value is -1.60. The summed E-state index contributed by atoms with van der Waals surface area (Å²) in [6.45, 7) is 0. The molecule has 24 heavy (non-hydrogen) atoms. The maximum atomic E-state index is 7.77. The second-order valence-corrected chi connectivity index (χ2v) is 4.85. The first kappa shape index (κ1) is 27.3. The SMILES string of the molecule is Cl.Cl.Cl.Cl.N=C(N)C1(C(=N)N)CC(c2ccc(N)cc2)=CC=C1N. The van der Waals surface area contributed by atoms with Gasteiger partial charge in [0.15, 0.2) is 0 Å². The van der Waals surface area contributed by atoms with Crippen molar-refractivity contribution < 1.29 is 0 Å². The Morgan fingerprint density at radius 1 is 0.833 bits per heavy atom. The average Bonchev–Trinajstić information content (AvgIpc) is 2.39. The summed E-state index contributed by atoms with van der Waals surface area (Å²) in [5.74, 6) is -0.445. The van der Waals surface area contributed by atoms with Gasteiger partial charge in [0.1, 0.15) is 17.1 Å². The maximum absolute atomic E-state index is 7.77. The van der Waals surface area contributed by atoms with Crippen molar-refractivity contribution in [3.63, 3.8) is 0 Å². The summed E-state index contributed by atoms with van der Waals surface area (Å²) < 4.78 is 0. The summed E-state index contributed by atoms with van der Waals surface area (Å²) in [6, 6.07) is 7.34. The molecule has 0 atom stereocenters. The number of allylic oxidation sites excluding steroid dienone is 3. The second-order valence-electron chi connectivity index (χ2n) is 4.85. The van der Waals surface area contributed by atoms with Gasteiger partial charge < -0.3 is 22.9 Å². The zero-order chi connectivity index (χ0) is 14.9. The fourth-order valence-electron chi connectivity index (χ4n) is 2.32. The third-order valence-electron chi connectivity index (χ3n) is 3.61. The van der Waals surface area contributed by atoms with Gasteiger partial charge in [0.2, 0.25) is 0 Å². The number of rotatable bonds is 3. The minimum absolute atomic E-state index is 0. The Balaban J connectivity index is -0.00000110. The highest BCUT2D eigenvalue weighted by atomic mass is 35.5. The van der Waals surface area contributed by atoms with Gasteiger partial charge in [-0.15, -0.1) is 49.6 Å². The van der Waals surface area contributed by atoms with Crippen LogP contribution in [0.3, 0.4) is 0 Å². The highest BCUT2D eigenvalue weighted by Gasteiger charge is 2.42. The molecule has 0 saturated carbocycles. The number of hydrogen-bond donors (Lipinski definition) is 6. The van der Waals surface area contributed by atoms with E-state index in [4.69, 9.17) is 33.8 Å². The van der Waals surface area contributed by atoms with Crippen molar-refractivity contribution in [1.29, 1.82) is 10.8 Å². The molecule has 0 unspecified atom stereocenters. The van der Waals surface area contributed by atoms with Crippen LogP contribution >= 0.6 is 49.6 Å². The Bertz CT molecular complexity index is 625. The Kier molecular flexibility index (Phi) is 11.7. The Labute approximate surface area is 165 Å².